The summed E-state index contributed by atoms with van der Waals surface area (Å²) in [5.74, 6) is 0. The standard InChI is InChI=1S/C15H12N4S/c1-9-18-12-7-14(11(16)6-15(12)20-9)19-13-5-3-2-4-10(13)8-17-19/h2-8H,16H2,1H3. The van der Waals surface area contributed by atoms with Crippen molar-refractivity contribution in [3.05, 3.63) is 47.6 Å². The summed E-state index contributed by atoms with van der Waals surface area (Å²) in [6.45, 7) is 2.00. The van der Waals surface area contributed by atoms with Crippen LogP contribution >= 0.6 is 11.3 Å². The van der Waals surface area contributed by atoms with Crippen molar-refractivity contribution in [2.75, 3.05) is 5.73 Å². The lowest BCUT2D eigenvalue weighted by Gasteiger charge is -2.07. The van der Waals surface area contributed by atoms with Crippen LogP contribution < -0.4 is 5.73 Å². The molecule has 0 saturated heterocycles. The monoisotopic (exact) mass is 280 g/mol. The van der Waals surface area contributed by atoms with Gasteiger partial charge in [0, 0.05) is 5.39 Å². The number of para-hydroxylation sites is 1. The zero-order chi connectivity index (χ0) is 13.7. The predicted octanol–water partition coefficient (Wildman–Crippen LogP) is 3.53. The summed E-state index contributed by atoms with van der Waals surface area (Å²) in [5, 5.41) is 6.59. The van der Waals surface area contributed by atoms with Crippen molar-refractivity contribution in [3.63, 3.8) is 0 Å². The van der Waals surface area contributed by atoms with Crippen molar-refractivity contribution in [3.8, 4) is 5.69 Å². The number of aromatic nitrogens is 3. The molecule has 2 aromatic heterocycles. The second-order valence-electron chi connectivity index (χ2n) is 4.73. The minimum absolute atomic E-state index is 0.718. The Labute approximate surface area is 119 Å². The average Bonchev–Trinajstić information content (AvgIpc) is 3.00. The van der Waals surface area contributed by atoms with Crippen LogP contribution in [0.15, 0.2) is 42.6 Å². The number of nitrogens with two attached hydrogens (primary N) is 1. The molecule has 98 valence electrons. The van der Waals surface area contributed by atoms with E-state index in [4.69, 9.17) is 5.73 Å². The second kappa shape index (κ2) is 4.05. The van der Waals surface area contributed by atoms with E-state index in [-0.39, 0.29) is 0 Å². The molecule has 2 N–H and O–H groups in total. The van der Waals surface area contributed by atoms with Crippen LogP contribution in [0.3, 0.4) is 0 Å². The average molecular weight is 280 g/mol. The minimum atomic E-state index is 0.718. The number of rotatable bonds is 1. The Bertz CT molecular complexity index is 936. The highest BCUT2D eigenvalue weighted by atomic mass is 32.1. The summed E-state index contributed by atoms with van der Waals surface area (Å²) in [5.41, 5.74) is 9.81. The largest absolute Gasteiger partial charge is 0.397 e. The molecule has 0 bridgehead atoms. The molecule has 2 aromatic carbocycles. The zero-order valence-electron chi connectivity index (χ0n) is 10.9. The van der Waals surface area contributed by atoms with Gasteiger partial charge in [0.05, 0.1) is 38.3 Å². The fourth-order valence-corrected chi connectivity index (χ4v) is 3.30. The summed E-state index contributed by atoms with van der Waals surface area (Å²) < 4.78 is 2.99. The van der Waals surface area contributed by atoms with E-state index in [0.717, 1.165) is 37.5 Å². The van der Waals surface area contributed by atoms with Crippen molar-refractivity contribution in [2.45, 2.75) is 6.92 Å². The van der Waals surface area contributed by atoms with Gasteiger partial charge in [-0.15, -0.1) is 11.3 Å². The fourth-order valence-electron chi connectivity index (χ4n) is 2.44. The van der Waals surface area contributed by atoms with Gasteiger partial charge in [-0.2, -0.15) is 5.10 Å². The summed E-state index contributed by atoms with van der Waals surface area (Å²) in [7, 11) is 0. The van der Waals surface area contributed by atoms with Crippen LogP contribution in [0.2, 0.25) is 0 Å². The lowest BCUT2D eigenvalue weighted by Crippen LogP contribution is -2.01. The van der Waals surface area contributed by atoms with E-state index in [0.29, 0.717) is 0 Å². The maximum atomic E-state index is 6.20. The van der Waals surface area contributed by atoms with Crippen LogP contribution in [0.5, 0.6) is 0 Å². The molecule has 4 aromatic rings. The minimum Gasteiger partial charge on any atom is -0.397 e. The first kappa shape index (κ1) is 11.4. The number of aryl methyl sites for hydroxylation is 1. The van der Waals surface area contributed by atoms with Gasteiger partial charge in [-0.1, -0.05) is 18.2 Å². The predicted molar refractivity (Wildman–Crippen MR) is 83.4 cm³/mol. The molecular formula is C15H12N4S. The Morgan fingerprint density at radius 3 is 2.95 bits per heavy atom. The summed E-state index contributed by atoms with van der Waals surface area (Å²) in [6, 6.07) is 12.1. The number of hydrogen-bond acceptors (Lipinski definition) is 4. The van der Waals surface area contributed by atoms with Crippen molar-refractivity contribution < 1.29 is 0 Å². The van der Waals surface area contributed by atoms with Crippen molar-refractivity contribution in [1.29, 1.82) is 0 Å². The first-order valence-corrected chi connectivity index (χ1v) is 7.14. The third-order valence-corrected chi connectivity index (χ3v) is 4.28. The number of hydrogen-bond donors (Lipinski definition) is 1. The van der Waals surface area contributed by atoms with Gasteiger partial charge in [0.25, 0.3) is 0 Å². The van der Waals surface area contributed by atoms with Gasteiger partial charge < -0.3 is 5.73 Å². The highest BCUT2D eigenvalue weighted by Crippen LogP contribution is 2.30. The zero-order valence-corrected chi connectivity index (χ0v) is 11.7. The van der Waals surface area contributed by atoms with E-state index >= 15 is 0 Å². The molecule has 4 nitrogen and oxygen atoms in total. The molecule has 0 spiro atoms. The van der Waals surface area contributed by atoms with Gasteiger partial charge >= 0.3 is 0 Å². The van der Waals surface area contributed by atoms with E-state index in [2.05, 4.69) is 10.1 Å². The molecule has 0 aliphatic heterocycles. The number of thiazole rings is 1. The highest BCUT2D eigenvalue weighted by Gasteiger charge is 2.11. The first-order chi connectivity index (χ1) is 9.72. The van der Waals surface area contributed by atoms with Gasteiger partial charge in [0.1, 0.15) is 0 Å². The van der Waals surface area contributed by atoms with Crippen LogP contribution in [-0.4, -0.2) is 14.8 Å². The Morgan fingerprint density at radius 2 is 2.05 bits per heavy atom. The van der Waals surface area contributed by atoms with Crippen molar-refractivity contribution >= 4 is 38.1 Å². The number of nitrogen functional groups attached to an aromatic ring is 1. The number of fused-ring (bicyclic) bond motifs is 2. The molecule has 0 fully saturated rings. The number of benzene rings is 2. The molecular weight excluding hydrogens is 268 g/mol. The smallest absolute Gasteiger partial charge is 0.0907 e. The SMILES string of the molecule is Cc1nc2cc(-n3ncc4ccccc43)c(N)cc2s1. The van der Waals surface area contributed by atoms with Crippen LogP contribution in [0.4, 0.5) is 5.69 Å². The Balaban J connectivity index is 2.03. The second-order valence-corrected chi connectivity index (χ2v) is 5.96. The summed E-state index contributed by atoms with van der Waals surface area (Å²) in [4.78, 5) is 4.53. The Kier molecular flexibility index (Phi) is 2.31. The van der Waals surface area contributed by atoms with Gasteiger partial charge in [0.2, 0.25) is 0 Å². The molecule has 0 saturated carbocycles. The van der Waals surface area contributed by atoms with E-state index in [1.807, 2.05) is 54.2 Å². The quantitative estimate of drug-likeness (QED) is 0.543. The normalized spacial score (nSPS) is 11.4. The van der Waals surface area contributed by atoms with E-state index in [1.165, 1.54) is 0 Å². The third kappa shape index (κ3) is 1.60. The Morgan fingerprint density at radius 1 is 1.20 bits per heavy atom. The molecule has 0 amide bonds. The lowest BCUT2D eigenvalue weighted by atomic mass is 10.2. The molecule has 4 rings (SSSR count). The van der Waals surface area contributed by atoms with Crippen LogP contribution in [0, 0.1) is 6.92 Å². The van der Waals surface area contributed by atoms with Gasteiger partial charge in [-0.25, -0.2) is 9.67 Å². The molecule has 0 atom stereocenters. The summed E-state index contributed by atoms with van der Waals surface area (Å²) >= 11 is 1.66. The van der Waals surface area contributed by atoms with Gasteiger partial charge in [-0.05, 0) is 25.1 Å². The molecule has 0 aliphatic carbocycles. The van der Waals surface area contributed by atoms with Crippen LogP contribution in [-0.2, 0) is 0 Å². The van der Waals surface area contributed by atoms with E-state index in [9.17, 15) is 0 Å². The molecule has 2 heterocycles. The highest BCUT2D eigenvalue weighted by molar-refractivity contribution is 7.18. The molecule has 0 aliphatic rings. The maximum Gasteiger partial charge on any atom is 0.0907 e. The van der Waals surface area contributed by atoms with E-state index in [1.54, 1.807) is 11.3 Å². The third-order valence-electron chi connectivity index (χ3n) is 3.35. The summed E-state index contributed by atoms with van der Waals surface area (Å²) in [6.07, 6.45) is 1.85. The van der Waals surface area contributed by atoms with Crippen molar-refractivity contribution in [2.24, 2.45) is 0 Å². The fraction of sp³-hybridized carbons (Fsp3) is 0.0667. The molecule has 5 heteroatoms. The molecule has 20 heavy (non-hydrogen) atoms. The van der Waals surface area contributed by atoms with Crippen molar-refractivity contribution in [1.82, 2.24) is 14.8 Å². The van der Waals surface area contributed by atoms with Gasteiger partial charge in [0.15, 0.2) is 0 Å². The number of anilines is 1. The van der Waals surface area contributed by atoms with Gasteiger partial charge in [-0.3, -0.25) is 0 Å². The van der Waals surface area contributed by atoms with Crippen LogP contribution in [0.25, 0.3) is 26.8 Å². The Hall–Kier alpha value is -2.40. The maximum absolute atomic E-state index is 6.20. The lowest BCUT2D eigenvalue weighted by molar-refractivity contribution is 0.914. The number of nitrogens with zero attached hydrogens (tertiary/aromatic N) is 3. The van der Waals surface area contributed by atoms with E-state index < -0.39 is 0 Å². The van der Waals surface area contributed by atoms with Crippen LogP contribution in [0.1, 0.15) is 5.01 Å². The topological polar surface area (TPSA) is 56.7 Å². The molecule has 0 radical (unpaired) electrons. The first-order valence-electron chi connectivity index (χ1n) is 6.32. The molecule has 0 unspecified atom stereocenters.